The van der Waals surface area contributed by atoms with Crippen LogP contribution in [0.1, 0.15) is 13.8 Å². The van der Waals surface area contributed by atoms with Gasteiger partial charge in [-0.1, -0.05) is 44.2 Å². The molecule has 0 bridgehead atoms. The zero-order chi connectivity index (χ0) is 13.1. The minimum Gasteiger partial charge on any atom is -0.398 e. The molecule has 0 unspecified atom stereocenters. The summed E-state index contributed by atoms with van der Waals surface area (Å²) < 4.78 is 31.3. The lowest BCUT2D eigenvalue weighted by Crippen LogP contribution is -2.03. The molecule has 0 atom stereocenters. The Balaban J connectivity index is 0.000000686. The third-order valence-corrected chi connectivity index (χ3v) is 3.14. The Morgan fingerprint density at radius 2 is 1.65 bits per heavy atom. The molecule has 2 rings (SSSR count). The number of fused-ring (bicyclic) bond motifs is 1. The van der Waals surface area contributed by atoms with Crippen LogP contribution in [0.3, 0.4) is 0 Å². The Morgan fingerprint density at radius 3 is 2.24 bits per heavy atom. The summed E-state index contributed by atoms with van der Waals surface area (Å²) in [5.74, 6) is 0. The summed E-state index contributed by atoms with van der Waals surface area (Å²) in [7, 11) is -4.29. The van der Waals surface area contributed by atoms with E-state index in [4.69, 9.17) is 10.3 Å². The van der Waals surface area contributed by atoms with Gasteiger partial charge in [-0.25, -0.2) is 0 Å². The highest BCUT2D eigenvalue weighted by molar-refractivity contribution is 7.86. The van der Waals surface area contributed by atoms with Gasteiger partial charge in [0.05, 0.1) is 5.69 Å². The Hall–Kier alpha value is -1.59. The second-order valence-electron chi connectivity index (χ2n) is 3.18. The third-order valence-electron chi connectivity index (χ3n) is 2.17. The van der Waals surface area contributed by atoms with Gasteiger partial charge in [-0.15, -0.1) is 0 Å². The van der Waals surface area contributed by atoms with Gasteiger partial charge in [0, 0.05) is 5.39 Å². The maximum atomic E-state index is 11.1. The SMILES string of the molecule is CC.Nc1ccc2ccccc2c1S(=O)(=O)O. The number of hydrogen-bond donors (Lipinski definition) is 2. The molecule has 0 heterocycles. The van der Waals surface area contributed by atoms with Crippen LogP contribution in [-0.2, 0) is 10.1 Å². The van der Waals surface area contributed by atoms with Gasteiger partial charge in [-0.2, -0.15) is 8.42 Å². The highest BCUT2D eigenvalue weighted by Crippen LogP contribution is 2.27. The first-order chi connectivity index (χ1) is 8.00. The summed E-state index contributed by atoms with van der Waals surface area (Å²) in [5, 5.41) is 1.15. The quantitative estimate of drug-likeness (QED) is 0.605. The number of rotatable bonds is 1. The molecule has 0 aliphatic carbocycles. The Morgan fingerprint density at radius 1 is 1.06 bits per heavy atom. The van der Waals surface area contributed by atoms with Crippen molar-refractivity contribution >= 4 is 26.6 Å². The summed E-state index contributed by atoms with van der Waals surface area (Å²) >= 11 is 0. The summed E-state index contributed by atoms with van der Waals surface area (Å²) in [5.41, 5.74) is 5.59. The molecule has 0 aliphatic rings. The number of nitrogens with two attached hydrogens (primary N) is 1. The maximum Gasteiger partial charge on any atom is 0.297 e. The van der Waals surface area contributed by atoms with E-state index in [1.807, 2.05) is 13.8 Å². The highest BCUT2D eigenvalue weighted by Gasteiger charge is 2.17. The first-order valence-corrected chi connectivity index (χ1v) is 6.69. The number of hydrogen-bond acceptors (Lipinski definition) is 3. The maximum absolute atomic E-state index is 11.1. The minimum atomic E-state index is -4.29. The van der Waals surface area contributed by atoms with Crippen LogP contribution >= 0.6 is 0 Å². The fourth-order valence-electron chi connectivity index (χ4n) is 1.55. The molecule has 0 fully saturated rings. The van der Waals surface area contributed by atoms with Gasteiger partial charge in [0.2, 0.25) is 0 Å². The van der Waals surface area contributed by atoms with Crippen LogP contribution in [0.15, 0.2) is 41.3 Å². The van der Waals surface area contributed by atoms with Crippen LogP contribution in [0.4, 0.5) is 5.69 Å². The fourth-order valence-corrected chi connectivity index (χ4v) is 2.38. The van der Waals surface area contributed by atoms with E-state index in [0.717, 1.165) is 5.39 Å². The summed E-state index contributed by atoms with van der Waals surface area (Å²) in [6.45, 7) is 4.00. The zero-order valence-electron chi connectivity index (χ0n) is 9.71. The van der Waals surface area contributed by atoms with Crippen molar-refractivity contribution in [1.82, 2.24) is 0 Å². The van der Waals surface area contributed by atoms with E-state index in [0.29, 0.717) is 5.39 Å². The molecule has 3 N–H and O–H groups in total. The highest BCUT2D eigenvalue weighted by atomic mass is 32.2. The van der Waals surface area contributed by atoms with Crippen molar-refractivity contribution in [3.63, 3.8) is 0 Å². The third kappa shape index (κ3) is 2.75. The van der Waals surface area contributed by atoms with E-state index < -0.39 is 10.1 Å². The summed E-state index contributed by atoms with van der Waals surface area (Å²) in [6, 6.07) is 10.0. The molecule has 4 nitrogen and oxygen atoms in total. The van der Waals surface area contributed by atoms with Crippen molar-refractivity contribution in [2.75, 3.05) is 5.73 Å². The lowest BCUT2D eigenvalue weighted by Gasteiger charge is -2.06. The number of nitrogen functional groups attached to an aromatic ring is 1. The Kier molecular flexibility index (Phi) is 4.09. The monoisotopic (exact) mass is 253 g/mol. The lowest BCUT2D eigenvalue weighted by atomic mass is 10.1. The number of anilines is 1. The number of benzene rings is 2. The van der Waals surface area contributed by atoms with E-state index in [9.17, 15) is 8.42 Å². The fraction of sp³-hybridized carbons (Fsp3) is 0.167. The molecular weight excluding hydrogens is 238 g/mol. The van der Waals surface area contributed by atoms with Crippen LogP contribution in [0.25, 0.3) is 10.8 Å². The molecular formula is C12H15NO3S. The average molecular weight is 253 g/mol. The topological polar surface area (TPSA) is 80.4 Å². The van der Waals surface area contributed by atoms with Gasteiger partial charge in [0.15, 0.2) is 0 Å². The molecule has 0 aromatic heterocycles. The normalized spacial score (nSPS) is 10.8. The first kappa shape index (κ1) is 13.5. The Bertz CT molecular complexity index is 621. The van der Waals surface area contributed by atoms with Crippen LogP contribution in [0.2, 0.25) is 0 Å². The summed E-state index contributed by atoms with van der Waals surface area (Å²) in [4.78, 5) is -0.222. The van der Waals surface area contributed by atoms with Gasteiger partial charge >= 0.3 is 0 Å². The zero-order valence-corrected chi connectivity index (χ0v) is 10.5. The van der Waals surface area contributed by atoms with Gasteiger partial charge in [0.25, 0.3) is 10.1 Å². The second kappa shape index (κ2) is 5.16. The van der Waals surface area contributed by atoms with Crippen LogP contribution in [-0.4, -0.2) is 13.0 Å². The minimum absolute atomic E-state index is 0.0520. The average Bonchev–Trinajstić information content (AvgIpc) is 2.29. The van der Waals surface area contributed by atoms with E-state index in [1.165, 1.54) is 6.07 Å². The van der Waals surface area contributed by atoms with Crippen molar-refractivity contribution in [3.05, 3.63) is 36.4 Å². The molecule has 17 heavy (non-hydrogen) atoms. The van der Waals surface area contributed by atoms with Crippen LogP contribution < -0.4 is 5.73 Å². The van der Waals surface area contributed by atoms with Crippen molar-refractivity contribution in [2.24, 2.45) is 0 Å². The van der Waals surface area contributed by atoms with Crippen LogP contribution in [0, 0.1) is 0 Å². The van der Waals surface area contributed by atoms with Gasteiger partial charge < -0.3 is 5.73 Å². The van der Waals surface area contributed by atoms with Gasteiger partial charge in [0.1, 0.15) is 4.90 Å². The lowest BCUT2D eigenvalue weighted by molar-refractivity contribution is 0.484. The van der Waals surface area contributed by atoms with E-state index in [1.54, 1.807) is 30.3 Å². The Labute approximate surface area is 101 Å². The largest absolute Gasteiger partial charge is 0.398 e. The molecule has 0 spiro atoms. The molecule has 0 saturated heterocycles. The predicted octanol–water partition coefficient (Wildman–Crippen LogP) is 2.69. The van der Waals surface area contributed by atoms with Crippen molar-refractivity contribution in [2.45, 2.75) is 18.7 Å². The molecule has 92 valence electrons. The smallest absolute Gasteiger partial charge is 0.297 e. The van der Waals surface area contributed by atoms with E-state index in [2.05, 4.69) is 0 Å². The van der Waals surface area contributed by atoms with Crippen molar-refractivity contribution in [1.29, 1.82) is 0 Å². The molecule has 0 aliphatic heterocycles. The van der Waals surface area contributed by atoms with Gasteiger partial charge in [-0.05, 0) is 11.5 Å². The molecule has 2 aromatic carbocycles. The molecule has 0 amide bonds. The van der Waals surface area contributed by atoms with Gasteiger partial charge in [-0.3, -0.25) is 4.55 Å². The van der Waals surface area contributed by atoms with E-state index in [-0.39, 0.29) is 10.6 Å². The van der Waals surface area contributed by atoms with Crippen molar-refractivity contribution in [3.8, 4) is 0 Å². The first-order valence-electron chi connectivity index (χ1n) is 5.25. The van der Waals surface area contributed by atoms with Crippen molar-refractivity contribution < 1.29 is 13.0 Å². The molecule has 0 saturated carbocycles. The predicted molar refractivity (Wildman–Crippen MR) is 69.5 cm³/mol. The van der Waals surface area contributed by atoms with Crippen LogP contribution in [0.5, 0.6) is 0 Å². The van der Waals surface area contributed by atoms with E-state index >= 15 is 0 Å². The molecule has 5 heteroatoms. The standard InChI is InChI=1S/C10H9NO3S.C2H6/c11-9-6-5-7-3-1-2-4-8(7)10(9)15(12,13)14;1-2/h1-6H,11H2,(H,12,13,14);1-2H3. The summed E-state index contributed by atoms with van der Waals surface area (Å²) in [6.07, 6.45) is 0. The second-order valence-corrected chi connectivity index (χ2v) is 4.54. The molecule has 2 aromatic rings. The molecule has 0 radical (unpaired) electrons.